The maximum absolute atomic E-state index is 8.84. The van der Waals surface area contributed by atoms with Gasteiger partial charge in [-0.2, -0.15) is 5.26 Å². The molecule has 1 aromatic rings. The number of ether oxygens (including phenoxy) is 4. The lowest BCUT2D eigenvalue weighted by molar-refractivity contribution is 0.0180. The van der Waals surface area contributed by atoms with Crippen molar-refractivity contribution in [3.8, 4) is 11.8 Å². The van der Waals surface area contributed by atoms with Gasteiger partial charge in [0.05, 0.1) is 44.3 Å². The van der Waals surface area contributed by atoms with Gasteiger partial charge in [0.25, 0.3) is 0 Å². The highest BCUT2D eigenvalue weighted by molar-refractivity contribution is 5.62. The van der Waals surface area contributed by atoms with Gasteiger partial charge < -0.3 is 24.7 Å². The Morgan fingerprint density at radius 2 is 1.70 bits per heavy atom. The van der Waals surface area contributed by atoms with Gasteiger partial charge in [0.15, 0.2) is 0 Å². The normalized spacial score (nSPS) is 10.2. The van der Waals surface area contributed by atoms with Crippen molar-refractivity contribution in [2.75, 3.05) is 52.5 Å². The molecule has 0 spiro atoms. The number of nitrogens with zero attached hydrogens (tertiary/aromatic N) is 1. The van der Waals surface area contributed by atoms with E-state index in [-0.39, 0.29) is 0 Å². The lowest BCUT2D eigenvalue weighted by Crippen LogP contribution is -2.12. The van der Waals surface area contributed by atoms with Crippen molar-refractivity contribution in [1.82, 2.24) is 0 Å². The van der Waals surface area contributed by atoms with Gasteiger partial charge in [0.1, 0.15) is 18.4 Å². The van der Waals surface area contributed by atoms with Crippen LogP contribution >= 0.6 is 0 Å². The number of hydrogen-bond donors (Lipinski definition) is 1. The zero-order chi connectivity index (χ0) is 14.6. The highest BCUT2D eigenvalue weighted by atomic mass is 16.6. The highest BCUT2D eigenvalue weighted by Crippen LogP contribution is 2.24. The number of para-hydroxylation sites is 1. The molecule has 0 fully saturated rings. The molecule has 0 aromatic heterocycles. The lowest BCUT2D eigenvalue weighted by atomic mass is 10.2. The Balaban J connectivity index is 2.11. The van der Waals surface area contributed by atoms with Crippen molar-refractivity contribution in [2.24, 2.45) is 0 Å². The van der Waals surface area contributed by atoms with E-state index in [2.05, 4.69) is 0 Å². The number of nitrogens with two attached hydrogens (primary N) is 1. The minimum atomic E-state index is 0.359. The quantitative estimate of drug-likeness (QED) is 0.512. The van der Waals surface area contributed by atoms with E-state index in [9.17, 15) is 0 Å². The van der Waals surface area contributed by atoms with E-state index in [0.29, 0.717) is 56.6 Å². The molecule has 1 aromatic carbocycles. The molecule has 6 heteroatoms. The first-order valence-corrected chi connectivity index (χ1v) is 6.35. The van der Waals surface area contributed by atoms with Gasteiger partial charge in [-0.15, -0.1) is 0 Å². The van der Waals surface area contributed by atoms with Crippen LogP contribution in [0, 0.1) is 11.3 Å². The number of benzene rings is 1. The standard InChI is InChI=1S/C14H20N2O4/c1-17-5-6-18-7-8-19-9-10-20-13-4-2-3-12(11-15)14(13)16/h2-4H,5-10,16H2,1H3. The van der Waals surface area contributed by atoms with Gasteiger partial charge in [-0.3, -0.25) is 0 Å². The Labute approximate surface area is 119 Å². The van der Waals surface area contributed by atoms with E-state index >= 15 is 0 Å². The van der Waals surface area contributed by atoms with E-state index in [1.165, 1.54) is 0 Å². The van der Waals surface area contributed by atoms with Crippen LogP contribution in [0.15, 0.2) is 18.2 Å². The Hall–Kier alpha value is -1.81. The summed E-state index contributed by atoms with van der Waals surface area (Å²) >= 11 is 0. The summed E-state index contributed by atoms with van der Waals surface area (Å²) in [6.07, 6.45) is 0. The molecule has 0 heterocycles. The fourth-order valence-corrected chi connectivity index (χ4v) is 1.44. The van der Waals surface area contributed by atoms with Gasteiger partial charge in [-0.1, -0.05) is 6.07 Å². The maximum Gasteiger partial charge on any atom is 0.143 e. The molecule has 0 aliphatic rings. The first-order valence-electron chi connectivity index (χ1n) is 6.35. The second-order valence-corrected chi connectivity index (χ2v) is 3.90. The fourth-order valence-electron chi connectivity index (χ4n) is 1.44. The Morgan fingerprint density at radius 3 is 2.35 bits per heavy atom. The zero-order valence-electron chi connectivity index (χ0n) is 11.6. The van der Waals surface area contributed by atoms with Gasteiger partial charge in [0.2, 0.25) is 0 Å². The minimum absolute atomic E-state index is 0.359. The lowest BCUT2D eigenvalue weighted by Gasteiger charge is -2.10. The van der Waals surface area contributed by atoms with Gasteiger partial charge in [0, 0.05) is 7.11 Å². The molecule has 0 amide bonds. The molecule has 20 heavy (non-hydrogen) atoms. The van der Waals surface area contributed by atoms with Crippen LogP contribution in [0.3, 0.4) is 0 Å². The third-order valence-corrected chi connectivity index (χ3v) is 2.48. The number of hydrogen-bond acceptors (Lipinski definition) is 6. The van der Waals surface area contributed by atoms with Crippen molar-refractivity contribution in [3.63, 3.8) is 0 Å². The van der Waals surface area contributed by atoms with E-state index in [4.69, 9.17) is 29.9 Å². The van der Waals surface area contributed by atoms with Gasteiger partial charge in [-0.25, -0.2) is 0 Å². The SMILES string of the molecule is COCCOCCOCCOc1cccc(C#N)c1N. The van der Waals surface area contributed by atoms with Crippen molar-refractivity contribution >= 4 is 5.69 Å². The zero-order valence-corrected chi connectivity index (χ0v) is 11.6. The van der Waals surface area contributed by atoms with E-state index in [1.807, 2.05) is 6.07 Å². The number of nitriles is 1. The molecule has 1 rings (SSSR count). The molecule has 0 aliphatic heterocycles. The summed E-state index contributed by atoms with van der Waals surface area (Å²) in [5, 5.41) is 8.84. The molecule has 0 atom stereocenters. The smallest absolute Gasteiger partial charge is 0.143 e. The summed E-state index contributed by atoms with van der Waals surface area (Å²) in [6, 6.07) is 7.11. The van der Waals surface area contributed by atoms with Crippen molar-refractivity contribution < 1.29 is 18.9 Å². The summed E-state index contributed by atoms with van der Waals surface area (Å²) in [7, 11) is 1.63. The summed E-state index contributed by atoms with van der Waals surface area (Å²) < 4.78 is 20.9. The molecule has 0 bridgehead atoms. The number of nitrogen functional groups attached to an aromatic ring is 1. The van der Waals surface area contributed by atoms with E-state index in [0.717, 1.165) is 0 Å². The average molecular weight is 280 g/mol. The predicted molar refractivity (Wildman–Crippen MR) is 74.6 cm³/mol. The highest BCUT2D eigenvalue weighted by Gasteiger charge is 2.04. The monoisotopic (exact) mass is 280 g/mol. The van der Waals surface area contributed by atoms with E-state index in [1.54, 1.807) is 25.3 Å². The molecule has 0 radical (unpaired) electrons. The summed E-state index contributed by atoms with van der Waals surface area (Å²) in [4.78, 5) is 0. The molecule has 6 nitrogen and oxygen atoms in total. The summed E-state index contributed by atoms with van der Waals surface area (Å²) in [6.45, 7) is 2.97. The number of anilines is 1. The van der Waals surface area contributed by atoms with Crippen LogP contribution in [0.5, 0.6) is 5.75 Å². The van der Waals surface area contributed by atoms with Crippen LogP contribution < -0.4 is 10.5 Å². The Bertz CT molecular complexity index is 432. The summed E-state index contributed by atoms with van der Waals surface area (Å²) in [5.41, 5.74) is 6.55. The second-order valence-electron chi connectivity index (χ2n) is 3.90. The maximum atomic E-state index is 8.84. The first-order chi connectivity index (χ1) is 9.79. The van der Waals surface area contributed by atoms with Crippen LogP contribution in [-0.4, -0.2) is 46.8 Å². The van der Waals surface area contributed by atoms with Crippen molar-refractivity contribution in [2.45, 2.75) is 0 Å². The van der Waals surface area contributed by atoms with Crippen LogP contribution in [0.25, 0.3) is 0 Å². The Morgan fingerprint density at radius 1 is 1.05 bits per heavy atom. The first kappa shape index (κ1) is 16.2. The third-order valence-electron chi connectivity index (χ3n) is 2.48. The molecule has 0 saturated carbocycles. The molecular weight excluding hydrogens is 260 g/mol. The van der Waals surface area contributed by atoms with Crippen LogP contribution in [0.2, 0.25) is 0 Å². The minimum Gasteiger partial charge on any atom is -0.489 e. The molecule has 2 N–H and O–H groups in total. The van der Waals surface area contributed by atoms with Crippen LogP contribution in [0.1, 0.15) is 5.56 Å². The van der Waals surface area contributed by atoms with Gasteiger partial charge >= 0.3 is 0 Å². The van der Waals surface area contributed by atoms with Crippen LogP contribution in [0.4, 0.5) is 5.69 Å². The fraction of sp³-hybridized carbons (Fsp3) is 0.500. The molecule has 110 valence electrons. The Kier molecular flexibility index (Phi) is 8.15. The predicted octanol–water partition coefficient (Wildman–Crippen LogP) is 1.20. The average Bonchev–Trinajstić information content (AvgIpc) is 2.47. The third kappa shape index (κ3) is 5.89. The summed E-state index contributed by atoms with van der Waals surface area (Å²) in [5.74, 6) is 0.504. The molecule has 0 aliphatic carbocycles. The molecular formula is C14H20N2O4. The van der Waals surface area contributed by atoms with Crippen molar-refractivity contribution in [1.29, 1.82) is 5.26 Å². The number of methoxy groups -OCH3 is 1. The number of rotatable bonds is 10. The topological polar surface area (TPSA) is 86.7 Å². The molecule has 0 saturated heterocycles. The van der Waals surface area contributed by atoms with E-state index < -0.39 is 0 Å². The molecule has 0 unspecified atom stereocenters. The van der Waals surface area contributed by atoms with Crippen molar-refractivity contribution in [3.05, 3.63) is 23.8 Å². The van der Waals surface area contributed by atoms with Crippen LogP contribution in [-0.2, 0) is 14.2 Å². The van der Waals surface area contributed by atoms with Gasteiger partial charge in [-0.05, 0) is 12.1 Å². The second kappa shape index (κ2) is 10.0. The largest absolute Gasteiger partial charge is 0.489 e.